The first-order valence-electron chi connectivity index (χ1n) is 8.01. The van der Waals surface area contributed by atoms with Gasteiger partial charge in [0.2, 0.25) is 0 Å². The summed E-state index contributed by atoms with van der Waals surface area (Å²) >= 11 is 5.89. The zero-order chi connectivity index (χ0) is 17.5. The van der Waals surface area contributed by atoms with Gasteiger partial charge in [-0.05, 0) is 23.5 Å². The van der Waals surface area contributed by atoms with Crippen molar-refractivity contribution in [2.75, 3.05) is 0 Å². The molecular formula is C22H18ClOP. The molecule has 0 amide bonds. The lowest BCUT2D eigenvalue weighted by Crippen LogP contribution is -2.13. The minimum absolute atomic E-state index is 0.713. The van der Waals surface area contributed by atoms with Gasteiger partial charge in [0.05, 0.1) is 0 Å². The second-order valence-electron chi connectivity index (χ2n) is 5.58. The van der Waals surface area contributed by atoms with Crippen molar-refractivity contribution in [1.82, 2.24) is 0 Å². The molecule has 0 saturated carbocycles. The largest absolute Gasteiger partial charge is 0.309 e. The Hall–Kier alpha value is -2.34. The first-order valence-corrected chi connectivity index (χ1v) is 10.2. The number of halogens is 1. The third-order valence-electron chi connectivity index (χ3n) is 3.85. The van der Waals surface area contributed by atoms with Crippen LogP contribution in [-0.2, 0) is 4.57 Å². The Morgan fingerprint density at radius 2 is 1.20 bits per heavy atom. The second-order valence-corrected chi connectivity index (χ2v) is 8.66. The van der Waals surface area contributed by atoms with Crippen LogP contribution in [0.25, 0.3) is 6.08 Å². The quantitative estimate of drug-likeness (QED) is 0.408. The van der Waals surface area contributed by atoms with Crippen LogP contribution in [0.2, 0.25) is 5.02 Å². The van der Waals surface area contributed by atoms with Crippen LogP contribution in [0, 0.1) is 0 Å². The van der Waals surface area contributed by atoms with Crippen molar-refractivity contribution in [2.45, 2.75) is 0 Å². The zero-order valence-electron chi connectivity index (χ0n) is 13.6. The summed E-state index contributed by atoms with van der Waals surface area (Å²) in [6.45, 7) is 0. The van der Waals surface area contributed by atoms with Gasteiger partial charge in [-0.1, -0.05) is 103 Å². The van der Waals surface area contributed by atoms with E-state index in [4.69, 9.17) is 11.6 Å². The molecule has 0 aliphatic heterocycles. The van der Waals surface area contributed by atoms with Gasteiger partial charge in [-0.2, -0.15) is 0 Å². The molecule has 3 aromatic rings. The molecule has 0 atom stereocenters. The van der Waals surface area contributed by atoms with E-state index in [9.17, 15) is 4.57 Å². The van der Waals surface area contributed by atoms with Crippen LogP contribution in [0.1, 0.15) is 5.56 Å². The third-order valence-corrected chi connectivity index (χ3v) is 6.82. The summed E-state index contributed by atoms with van der Waals surface area (Å²) in [5.74, 6) is 1.81. The average Bonchev–Trinajstić information content (AvgIpc) is 2.68. The lowest BCUT2D eigenvalue weighted by Gasteiger charge is -2.14. The molecule has 0 N–H and O–H groups in total. The summed E-state index contributed by atoms with van der Waals surface area (Å²) in [6.07, 6.45) is 5.73. The fraction of sp³-hybridized carbons (Fsp3) is 0. The predicted octanol–water partition coefficient (Wildman–Crippen LogP) is 5.88. The van der Waals surface area contributed by atoms with Gasteiger partial charge in [-0.25, -0.2) is 0 Å². The SMILES string of the molecule is O=P(/C=C/C=C/c1ccc(Cl)cc1)(c1ccccc1)c1ccccc1. The molecule has 0 aliphatic carbocycles. The molecule has 0 spiro atoms. The standard InChI is InChI=1S/C22H18ClOP/c23-20-16-14-19(15-17-20)9-7-8-18-25(24,21-10-3-1-4-11-21)22-12-5-2-6-13-22/h1-18H/b9-7+,18-8+. The van der Waals surface area contributed by atoms with E-state index in [2.05, 4.69) is 0 Å². The fourth-order valence-corrected chi connectivity index (χ4v) is 4.87. The predicted molar refractivity (Wildman–Crippen MR) is 109 cm³/mol. The molecule has 0 radical (unpaired) electrons. The van der Waals surface area contributed by atoms with E-state index in [0.717, 1.165) is 16.2 Å². The van der Waals surface area contributed by atoms with Crippen LogP contribution >= 0.6 is 18.7 Å². The van der Waals surface area contributed by atoms with Crippen LogP contribution in [0.4, 0.5) is 0 Å². The zero-order valence-corrected chi connectivity index (χ0v) is 15.3. The lowest BCUT2D eigenvalue weighted by atomic mass is 10.2. The number of hydrogen-bond acceptors (Lipinski definition) is 1. The number of hydrogen-bond donors (Lipinski definition) is 0. The van der Waals surface area contributed by atoms with E-state index < -0.39 is 7.14 Å². The van der Waals surface area contributed by atoms with E-state index in [0.29, 0.717) is 5.02 Å². The molecule has 0 unspecified atom stereocenters. The van der Waals surface area contributed by atoms with E-state index in [1.54, 1.807) is 0 Å². The maximum Gasteiger partial charge on any atom is 0.164 e. The van der Waals surface area contributed by atoms with Crippen molar-refractivity contribution in [3.63, 3.8) is 0 Å². The topological polar surface area (TPSA) is 17.1 Å². The molecule has 0 fully saturated rings. The minimum atomic E-state index is -2.81. The first kappa shape index (κ1) is 17.5. The van der Waals surface area contributed by atoms with E-state index in [1.807, 2.05) is 109 Å². The normalized spacial score (nSPS) is 12.0. The van der Waals surface area contributed by atoms with Gasteiger partial charge in [0.1, 0.15) is 0 Å². The fourth-order valence-electron chi connectivity index (χ4n) is 2.53. The maximum atomic E-state index is 13.7. The molecule has 3 aromatic carbocycles. The molecule has 1 nitrogen and oxygen atoms in total. The second kappa shape index (κ2) is 8.16. The molecule has 0 heterocycles. The highest BCUT2D eigenvalue weighted by molar-refractivity contribution is 7.81. The molecule has 0 saturated heterocycles. The van der Waals surface area contributed by atoms with E-state index in [1.165, 1.54) is 0 Å². The smallest absolute Gasteiger partial charge is 0.164 e. The summed E-state index contributed by atoms with van der Waals surface area (Å²) in [4.78, 5) is 0. The molecule has 0 aromatic heterocycles. The van der Waals surface area contributed by atoms with Crippen LogP contribution in [0.5, 0.6) is 0 Å². The number of allylic oxidation sites excluding steroid dienone is 2. The highest BCUT2D eigenvalue weighted by Crippen LogP contribution is 2.44. The average molecular weight is 365 g/mol. The minimum Gasteiger partial charge on any atom is -0.309 e. The Morgan fingerprint density at radius 1 is 0.680 bits per heavy atom. The van der Waals surface area contributed by atoms with Crippen LogP contribution < -0.4 is 10.6 Å². The molecule has 0 aliphatic rings. The molecular weight excluding hydrogens is 347 g/mol. The van der Waals surface area contributed by atoms with Gasteiger partial charge in [-0.3, -0.25) is 0 Å². The maximum absolute atomic E-state index is 13.7. The molecule has 0 bridgehead atoms. The monoisotopic (exact) mass is 364 g/mol. The van der Waals surface area contributed by atoms with Crippen LogP contribution in [0.3, 0.4) is 0 Å². The Labute approximate surface area is 153 Å². The Kier molecular flexibility index (Phi) is 5.71. The Morgan fingerprint density at radius 3 is 1.72 bits per heavy atom. The van der Waals surface area contributed by atoms with Gasteiger partial charge < -0.3 is 4.57 Å². The van der Waals surface area contributed by atoms with Gasteiger partial charge in [0.25, 0.3) is 0 Å². The summed E-state index contributed by atoms with van der Waals surface area (Å²) in [5, 5.41) is 2.38. The van der Waals surface area contributed by atoms with Crippen molar-refractivity contribution in [2.24, 2.45) is 0 Å². The Bertz CT molecular complexity index is 870. The highest BCUT2D eigenvalue weighted by atomic mass is 35.5. The lowest BCUT2D eigenvalue weighted by molar-refractivity contribution is 0.592. The van der Waals surface area contributed by atoms with E-state index in [-0.39, 0.29) is 0 Å². The summed E-state index contributed by atoms with van der Waals surface area (Å²) in [7, 11) is -2.81. The Balaban J connectivity index is 1.91. The summed E-state index contributed by atoms with van der Waals surface area (Å²) in [5.41, 5.74) is 1.04. The van der Waals surface area contributed by atoms with Gasteiger partial charge >= 0.3 is 0 Å². The van der Waals surface area contributed by atoms with Crippen molar-refractivity contribution < 1.29 is 4.57 Å². The number of rotatable bonds is 5. The third kappa shape index (κ3) is 4.39. The van der Waals surface area contributed by atoms with Crippen molar-refractivity contribution in [3.05, 3.63) is 113 Å². The van der Waals surface area contributed by atoms with Crippen LogP contribution in [0.15, 0.2) is 103 Å². The van der Waals surface area contributed by atoms with Gasteiger partial charge in [0.15, 0.2) is 7.14 Å². The first-order chi connectivity index (χ1) is 12.2. The number of benzene rings is 3. The molecule has 124 valence electrons. The van der Waals surface area contributed by atoms with Crippen molar-refractivity contribution >= 4 is 35.4 Å². The summed E-state index contributed by atoms with van der Waals surface area (Å²) in [6, 6.07) is 26.8. The molecule has 3 rings (SSSR count). The van der Waals surface area contributed by atoms with Crippen molar-refractivity contribution in [3.8, 4) is 0 Å². The van der Waals surface area contributed by atoms with Crippen LogP contribution in [-0.4, -0.2) is 0 Å². The molecule has 3 heteroatoms. The highest BCUT2D eigenvalue weighted by Gasteiger charge is 2.23. The van der Waals surface area contributed by atoms with Crippen molar-refractivity contribution in [1.29, 1.82) is 0 Å². The van der Waals surface area contributed by atoms with Gasteiger partial charge in [-0.15, -0.1) is 0 Å². The van der Waals surface area contributed by atoms with E-state index >= 15 is 0 Å². The molecule has 25 heavy (non-hydrogen) atoms. The van der Waals surface area contributed by atoms with Gasteiger partial charge in [0, 0.05) is 15.6 Å². The summed E-state index contributed by atoms with van der Waals surface area (Å²) < 4.78 is 13.7.